The van der Waals surface area contributed by atoms with Crippen molar-refractivity contribution in [3.05, 3.63) is 52.6 Å². The van der Waals surface area contributed by atoms with Crippen LogP contribution in [-0.4, -0.2) is 25.3 Å². The highest BCUT2D eigenvalue weighted by atomic mass is 16.5. The standard InChI is InChI=1S/C22H20O5/c1-11-7-14-15(8-12(11)2)21(26-4)16-10-27-22(24)20(16)19(14)13-5-6-17(23)18(9-13)25-3/h5-9,23H,10H2,1-4H3. The van der Waals surface area contributed by atoms with E-state index in [1.54, 1.807) is 25.3 Å². The molecule has 0 atom stereocenters. The van der Waals surface area contributed by atoms with Crippen molar-refractivity contribution in [2.45, 2.75) is 20.5 Å². The minimum atomic E-state index is -0.370. The number of hydrogen-bond donors (Lipinski definition) is 1. The molecule has 0 bridgehead atoms. The van der Waals surface area contributed by atoms with Crippen LogP contribution in [0.15, 0.2) is 30.3 Å². The molecule has 0 saturated heterocycles. The van der Waals surface area contributed by atoms with Gasteiger partial charge in [-0.15, -0.1) is 0 Å². The van der Waals surface area contributed by atoms with E-state index in [-0.39, 0.29) is 18.3 Å². The van der Waals surface area contributed by atoms with Crippen LogP contribution in [0.1, 0.15) is 27.0 Å². The quantitative estimate of drug-likeness (QED) is 0.693. The number of hydrogen-bond acceptors (Lipinski definition) is 5. The number of phenols is 1. The number of cyclic esters (lactones) is 1. The lowest BCUT2D eigenvalue weighted by molar-refractivity contribution is 0.0535. The first-order valence-electron chi connectivity index (χ1n) is 8.64. The van der Waals surface area contributed by atoms with Crippen molar-refractivity contribution >= 4 is 16.7 Å². The Hall–Kier alpha value is -3.21. The zero-order chi connectivity index (χ0) is 19.3. The van der Waals surface area contributed by atoms with E-state index in [4.69, 9.17) is 14.2 Å². The molecule has 138 valence electrons. The number of fused-ring (bicyclic) bond motifs is 2. The van der Waals surface area contributed by atoms with Gasteiger partial charge in [0.1, 0.15) is 12.4 Å². The minimum absolute atomic E-state index is 0.0466. The summed E-state index contributed by atoms with van der Waals surface area (Å²) < 4.78 is 16.3. The number of esters is 1. The Labute approximate surface area is 157 Å². The third-order valence-corrected chi connectivity index (χ3v) is 5.20. The van der Waals surface area contributed by atoms with Crippen molar-refractivity contribution in [3.8, 4) is 28.4 Å². The summed E-state index contributed by atoms with van der Waals surface area (Å²) in [4.78, 5) is 12.6. The molecule has 4 rings (SSSR count). The molecule has 0 aromatic heterocycles. The fourth-order valence-electron chi connectivity index (χ4n) is 3.71. The van der Waals surface area contributed by atoms with Gasteiger partial charge in [0.05, 0.1) is 19.8 Å². The SMILES string of the molecule is COc1cc(-c2c3c(c(OC)c4cc(C)c(C)cc24)COC3=O)ccc1O. The van der Waals surface area contributed by atoms with E-state index in [1.807, 2.05) is 13.8 Å². The van der Waals surface area contributed by atoms with Crippen LogP contribution in [-0.2, 0) is 11.3 Å². The summed E-state index contributed by atoms with van der Waals surface area (Å²) in [6, 6.07) is 9.22. The van der Waals surface area contributed by atoms with Gasteiger partial charge in [0.15, 0.2) is 11.5 Å². The average molecular weight is 364 g/mol. The van der Waals surface area contributed by atoms with E-state index in [2.05, 4.69) is 12.1 Å². The van der Waals surface area contributed by atoms with Crippen molar-refractivity contribution in [2.75, 3.05) is 14.2 Å². The second-order valence-corrected chi connectivity index (χ2v) is 6.71. The molecule has 0 aliphatic carbocycles. The van der Waals surface area contributed by atoms with Gasteiger partial charge >= 0.3 is 5.97 Å². The van der Waals surface area contributed by atoms with Gasteiger partial charge in [-0.1, -0.05) is 12.1 Å². The monoisotopic (exact) mass is 364 g/mol. The van der Waals surface area contributed by atoms with Gasteiger partial charge < -0.3 is 19.3 Å². The number of methoxy groups -OCH3 is 2. The van der Waals surface area contributed by atoms with E-state index < -0.39 is 0 Å². The number of carbonyl (C=O) groups excluding carboxylic acids is 1. The maximum absolute atomic E-state index is 12.6. The van der Waals surface area contributed by atoms with E-state index in [0.29, 0.717) is 17.1 Å². The molecule has 1 aliphatic rings. The summed E-state index contributed by atoms with van der Waals surface area (Å²) in [5, 5.41) is 11.8. The summed E-state index contributed by atoms with van der Waals surface area (Å²) in [6.45, 7) is 4.27. The average Bonchev–Trinajstić information content (AvgIpc) is 3.03. The summed E-state index contributed by atoms with van der Waals surface area (Å²) in [5.74, 6) is 0.694. The van der Waals surface area contributed by atoms with Crippen molar-refractivity contribution in [1.82, 2.24) is 0 Å². The van der Waals surface area contributed by atoms with Crippen molar-refractivity contribution in [1.29, 1.82) is 0 Å². The molecular formula is C22H20O5. The molecule has 1 heterocycles. The van der Waals surface area contributed by atoms with Gasteiger partial charge in [-0.05, 0) is 54.1 Å². The molecule has 5 nitrogen and oxygen atoms in total. The second kappa shape index (κ2) is 6.20. The summed E-state index contributed by atoms with van der Waals surface area (Å²) in [6.07, 6.45) is 0. The molecule has 0 saturated carbocycles. The molecule has 0 fully saturated rings. The van der Waals surface area contributed by atoms with Gasteiger partial charge in [-0.3, -0.25) is 0 Å². The maximum Gasteiger partial charge on any atom is 0.339 e. The maximum atomic E-state index is 12.6. The number of rotatable bonds is 3. The lowest BCUT2D eigenvalue weighted by Gasteiger charge is -2.17. The fourth-order valence-corrected chi connectivity index (χ4v) is 3.71. The number of benzene rings is 3. The van der Waals surface area contributed by atoms with Crippen molar-refractivity contribution < 1.29 is 24.1 Å². The van der Waals surface area contributed by atoms with Gasteiger partial charge in [0.25, 0.3) is 0 Å². The van der Waals surface area contributed by atoms with Crippen LogP contribution in [0.3, 0.4) is 0 Å². The van der Waals surface area contributed by atoms with E-state index in [0.717, 1.165) is 38.6 Å². The molecule has 0 amide bonds. The fraction of sp³-hybridized carbons (Fsp3) is 0.227. The molecule has 3 aromatic carbocycles. The Morgan fingerprint density at radius 2 is 1.67 bits per heavy atom. The van der Waals surface area contributed by atoms with Crippen LogP contribution in [0.4, 0.5) is 0 Å². The Morgan fingerprint density at radius 3 is 2.33 bits per heavy atom. The Bertz CT molecular complexity index is 1100. The highest BCUT2D eigenvalue weighted by Gasteiger charge is 2.32. The highest BCUT2D eigenvalue weighted by Crippen LogP contribution is 2.46. The molecule has 5 heteroatoms. The second-order valence-electron chi connectivity index (χ2n) is 6.71. The Morgan fingerprint density at radius 1 is 0.963 bits per heavy atom. The van der Waals surface area contributed by atoms with Crippen molar-refractivity contribution in [3.63, 3.8) is 0 Å². The summed E-state index contributed by atoms with van der Waals surface area (Å²) in [5.41, 5.74) is 5.05. The molecule has 3 aromatic rings. The Kier molecular flexibility index (Phi) is 3.95. The third-order valence-electron chi connectivity index (χ3n) is 5.20. The van der Waals surface area contributed by atoms with E-state index >= 15 is 0 Å². The predicted molar refractivity (Wildman–Crippen MR) is 103 cm³/mol. The van der Waals surface area contributed by atoms with E-state index in [1.165, 1.54) is 7.11 Å². The first-order chi connectivity index (χ1) is 13.0. The summed E-state index contributed by atoms with van der Waals surface area (Å²) >= 11 is 0. The van der Waals surface area contributed by atoms with Crippen molar-refractivity contribution in [2.24, 2.45) is 0 Å². The van der Waals surface area contributed by atoms with Gasteiger partial charge in [0, 0.05) is 16.5 Å². The Balaban J connectivity index is 2.18. The predicted octanol–water partition coefficient (Wildman–Crippen LogP) is 4.52. The lowest BCUT2D eigenvalue weighted by Crippen LogP contribution is -2.02. The lowest BCUT2D eigenvalue weighted by atomic mass is 9.88. The minimum Gasteiger partial charge on any atom is -0.504 e. The molecule has 1 N–H and O–H groups in total. The number of aromatic hydroxyl groups is 1. The normalized spacial score (nSPS) is 12.8. The molecule has 27 heavy (non-hydrogen) atoms. The molecule has 0 unspecified atom stereocenters. The number of aryl methyl sites for hydroxylation is 2. The first-order valence-corrected chi connectivity index (χ1v) is 8.64. The van der Waals surface area contributed by atoms with Crippen LogP contribution < -0.4 is 9.47 Å². The zero-order valence-corrected chi connectivity index (χ0v) is 15.7. The van der Waals surface area contributed by atoms with Gasteiger partial charge in [-0.2, -0.15) is 0 Å². The summed E-state index contributed by atoms with van der Waals surface area (Å²) in [7, 11) is 3.10. The number of carbonyl (C=O) groups is 1. The smallest absolute Gasteiger partial charge is 0.339 e. The van der Waals surface area contributed by atoms with Gasteiger partial charge in [0.2, 0.25) is 0 Å². The number of phenolic OH excluding ortho intramolecular Hbond substituents is 1. The molecular weight excluding hydrogens is 344 g/mol. The van der Waals surface area contributed by atoms with Crippen LogP contribution in [0.5, 0.6) is 17.2 Å². The van der Waals surface area contributed by atoms with Gasteiger partial charge in [-0.25, -0.2) is 4.79 Å². The first kappa shape index (κ1) is 17.2. The largest absolute Gasteiger partial charge is 0.504 e. The molecule has 0 radical (unpaired) electrons. The molecule has 0 spiro atoms. The van der Waals surface area contributed by atoms with Crippen LogP contribution in [0.2, 0.25) is 0 Å². The van der Waals surface area contributed by atoms with Crippen LogP contribution >= 0.6 is 0 Å². The zero-order valence-electron chi connectivity index (χ0n) is 15.7. The topological polar surface area (TPSA) is 65.0 Å². The van der Waals surface area contributed by atoms with Crippen LogP contribution in [0.25, 0.3) is 21.9 Å². The van der Waals surface area contributed by atoms with E-state index in [9.17, 15) is 9.90 Å². The third kappa shape index (κ3) is 2.50. The van der Waals surface area contributed by atoms with Crippen LogP contribution in [0, 0.1) is 13.8 Å². The molecule has 1 aliphatic heterocycles. The number of ether oxygens (including phenoxy) is 3. The highest BCUT2D eigenvalue weighted by molar-refractivity contribution is 6.13.